The third-order valence-electron chi connectivity index (χ3n) is 4.09. The van der Waals surface area contributed by atoms with E-state index in [2.05, 4.69) is 60.8 Å². The first kappa shape index (κ1) is 15.2. The number of hydrogen-bond acceptors (Lipinski definition) is 2. The van der Waals surface area contributed by atoms with Gasteiger partial charge in [-0.3, -0.25) is 4.79 Å². The molecule has 1 atom stereocenters. The molecule has 1 amide bonds. The van der Waals surface area contributed by atoms with Gasteiger partial charge in [-0.1, -0.05) is 54.1 Å². The largest absolute Gasteiger partial charge is 0.349 e. The minimum absolute atomic E-state index is 0.138. The van der Waals surface area contributed by atoms with Crippen LogP contribution in [0.25, 0.3) is 0 Å². The molecule has 0 fully saturated rings. The van der Waals surface area contributed by atoms with Gasteiger partial charge < -0.3 is 5.32 Å². The Morgan fingerprint density at radius 3 is 2.77 bits per heavy atom. The molecule has 0 saturated heterocycles. The second-order valence-electron chi connectivity index (χ2n) is 5.84. The minimum atomic E-state index is 0.138. The Bertz CT molecular complexity index is 651. The van der Waals surface area contributed by atoms with Crippen LogP contribution in [0.15, 0.2) is 48.5 Å². The lowest BCUT2D eigenvalue weighted by molar-refractivity contribution is -0.119. The van der Waals surface area contributed by atoms with Gasteiger partial charge in [0.15, 0.2) is 0 Å². The van der Waals surface area contributed by atoms with Gasteiger partial charge in [0.1, 0.15) is 0 Å². The summed E-state index contributed by atoms with van der Waals surface area (Å²) in [5.41, 5.74) is 5.21. The first-order valence-electron chi connectivity index (χ1n) is 7.73. The van der Waals surface area contributed by atoms with Crippen molar-refractivity contribution in [2.75, 3.05) is 5.75 Å². The van der Waals surface area contributed by atoms with E-state index in [4.69, 9.17) is 0 Å². The summed E-state index contributed by atoms with van der Waals surface area (Å²) in [5, 5.41) is 3.17. The van der Waals surface area contributed by atoms with Crippen molar-refractivity contribution in [3.63, 3.8) is 0 Å². The number of carbonyl (C=O) groups is 1. The van der Waals surface area contributed by atoms with Crippen molar-refractivity contribution >= 4 is 17.7 Å². The second-order valence-corrected chi connectivity index (χ2v) is 6.82. The molecule has 1 aliphatic carbocycles. The molecular formula is C19H21NOS. The molecule has 1 unspecified atom stereocenters. The highest BCUT2D eigenvalue weighted by Crippen LogP contribution is 2.30. The first-order chi connectivity index (χ1) is 10.7. The molecule has 114 valence electrons. The molecule has 0 aromatic heterocycles. The number of aryl methyl sites for hydroxylation is 2. The molecule has 0 spiro atoms. The van der Waals surface area contributed by atoms with Crippen molar-refractivity contribution in [2.24, 2.45) is 0 Å². The van der Waals surface area contributed by atoms with Gasteiger partial charge in [0, 0.05) is 5.75 Å². The third-order valence-corrected chi connectivity index (χ3v) is 5.09. The Morgan fingerprint density at radius 1 is 1.18 bits per heavy atom. The first-order valence-corrected chi connectivity index (χ1v) is 8.88. The van der Waals surface area contributed by atoms with Crippen molar-refractivity contribution in [1.82, 2.24) is 5.32 Å². The molecule has 0 radical (unpaired) electrons. The lowest BCUT2D eigenvalue weighted by Gasteiger charge is -2.14. The molecule has 0 saturated carbocycles. The molecule has 1 N–H and O–H groups in total. The molecule has 0 bridgehead atoms. The molecule has 1 aliphatic rings. The smallest absolute Gasteiger partial charge is 0.230 e. The van der Waals surface area contributed by atoms with Gasteiger partial charge in [0.2, 0.25) is 5.91 Å². The summed E-state index contributed by atoms with van der Waals surface area (Å²) in [7, 11) is 0. The Hall–Kier alpha value is -1.74. The molecule has 22 heavy (non-hydrogen) atoms. The highest BCUT2D eigenvalue weighted by molar-refractivity contribution is 7.99. The summed E-state index contributed by atoms with van der Waals surface area (Å²) in [5.74, 6) is 1.54. The number of amides is 1. The monoisotopic (exact) mass is 311 g/mol. The maximum absolute atomic E-state index is 12.1. The summed E-state index contributed by atoms with van der Waals surface area (Å²) in [6.07, 6.45) is 2.09. The van der Waals surface area contributed by atoms with E-state index < -0.39 is 0 Å². The summed E-state index contributed by atoms with van der Waals surface area (Å²) in [6, 6.07) is 17.1. The summed E-state index contributed by atoms with van der Waals surface area (Å²) < 4.78 is 0. The molecule has 2 aromatic carbocycles. The lowest BCUT2D eigenvalue weighted by Crippen LogP contribution is -2.28. The zero-order valence-corrected chi connectivity index (χ0v) is 13.7. The van der Waals surface area contributed by atoms with E-state index in [1.165, 1.54) is 22.3 Å². The summed E-state index contributed by atoms with van der Waals surface area (Å²) in [6.45, 7) is 2.09. The van der Waals surface area contributed by atoms with Crippen LogP contribution in [0, 0.1) is 6.92 Å². The zero-order valence-electron chi connectivity index (χ0n) is 12.8. The Morgan fingerprint density at radius 2 is 1.95 bits per heavy atom. The number of nitrogens with one attached hydrogen (secondary N) is 1. The van der Waals surface area contributed by atoms with Gasteiger partial charge in [-0.05, 0) is 36.5 Å². The van der Waals surface area contributed by atoms with E-state index in [-0.39, 0.29) is 11.9 Å². The maximum atomic E-state index is 12.1. The molecule has 3 heteroatoms. The van der Waals surface area contributed by atoms with Gasteiger partial charge in [0.25, 0.3) is 0 Å². The number of thioether (sulfide) groups is 1. The Balaban J connectivity index is 1.46. The lowest BCUT2D eigenvalue weighted by atomic mass is 10.1. The Labute approximate surface area is 136 Å². The van der Waals surface area contributed by atoms with Crippen LogP contribution in [0.3, 0.4) is 0 Å². The standard InChI is InChI=1S/C19H21NOS/c1-14-6-8-15(9-7-14)12-22-13-19(21)20-18-11-10-16-4-2-3-5-17(16)18/h2-9,18H,10-13H2,1H3,(H,20,21). The maximum Gasteiger partial charge on any atom is 0.230 e. The second kappa shape index (κ2) is 7.01. The van der Waals surface area contributed by atoms with Crippen LogP contribution in [0.5, 0.6) is 0 Å². The third kappa shape index (κ3) is 3.72. The van der Waals surface area contributed by atoms with Gasteiger partial charge in [-0.2, -0.15) is 0 Å². The summed E-state index contributed by atoms with van der Waals surface area (Å²) >= 11 is 1.67. The van der Waals surface area contributed by atoms with Crippen LogP contribution in [-0.2, 0) is 17.0 Å². The normalized spacial score (nSPS) is 16.3. The number of benzene rings is 2. The molecule has 3 rings (SSSR count). The van der Waals surface area contributed by atoms with E-state index in [9.17, 15) is 4.79 Å². The quantitative estimate of drug-likeness (QED) is 0.903. The van der Waals surface area contributed by atoms with Crippen LogP contribution >= 0.6 is 11.8 Å². The number of carbonyl (C=O) groups excluding carboxylic acids is 1. The molecule has 0 aliphatic heterocycles. The molecule has 2 aromatic rings. The average molecular weight is 311 g/mol. The Kier molecular flexibility index (Phi) is 4.84. The molecule has 2 nitrogen and oxygen atoms in total. The van der Waals surface area contributed by atoms with Crippen LogP contribution < -0.4 is 5.32 Å². The zero-order chi connectivity index (χ0) is 15.4. The van der Waals surface area contributed by atoms with Crippen LogP contribution in [0.4, 0.5) is 0 Å². The van der Waals surface area contributed by atoms with Crippen LogP contribution in [0.1, 0.15) is 34.7 Å². The van der Waals surface area contributed by atoms with E-state index in [1.807, 2.05) is 0 Å². The number of rotatable bonds is 5. The van der Waals surface area contributed by atoms with E-state index in [1.54, 1.807) is 11.8 Å². The molecule has 0 heterocycles. The fourth-order valence-corrected chi connectivity index (χ4v) is 3.69. The van der Waals surface area contributed by atoms with Gasteiger partial charge >= 0.3 is 0 Å². The van der Waals surface area contributed by atoms with Gasteiger partial charge in [-0.25, -0.2) is 0 Å². The summed E-state index contributed by atoms with van der Waals surface area (Å²) in [4.78, 5) is 12.1. The minimum Gasteiger partial charge on any atom is -0.349 e. The SMILES string of the molecule is Cc1ccc(CSCC(=O)NC2CCc3ccccc32)cc1. The van der Waals surface area contributed by atoms with Gasteiger partial charge in [-0.15, -0.1) is 11.8 Å². The highest BCUT2D eigenvalue weighted by atomic mass is 32.2. The van der Waals surface area contributed by atoms with Crippen molar-refractivity contribution in [1.29, 1.82) is 0 Å². The fraction of sp³-hybridized carbons (Fsp3) is 0.316. The van der Waals surface area contributed by atoms with Crippen molar-refractivity contribution < 1.29 is 4.79 Å². The average Bonchev–Trinajstić information content (AvgIpc) is 2.93. The molecular weight excluding hydrogens is 290 g/mol. The van der Waals surface area contributed by atoms with E-state index >= 15 is 0 Å². The van der Waals surface area contributed by atoms with Crippen LogP contribution in [0.2, 0.25) is 0 Å². The van der Waals surface area contributed by atoms with E-state index in [0.29, 0.717) is 5.75 Å². The fourth-order valence-electron chi connectivity index (χ4n) is 2.89. The highest BCUT2D eigenvalue weighted by Gasteiger charge is 2.22. The number of hydrogen-bond donors (Lipinski definition) is 1. The predicted octanol–water partition coefficient (Wildman–Crippen LogP) is 4.03. The van der Waals surface area contributed by atoms with Crippen molar-refractivity contribution in [2.45, 2.75) is 31.6 Å². The predicted molar refractivity (Wildman–Crippen MR) is 93.0 cm³/mol. The van der Waals surface area contributed by atoms with Gasteiger partial charge in [0.05, 0.1) is 11.8 Å². The topological polar surface area (TPSA) is 29.1 Å². The van der Waals surface area contributed by atoms with Crippen LogP contribution in [-0.4, -0.2) is 11.7 Å². The van der Waals surface area contributed by atoms with Crippen molar-refractivity contribution in [3.8, 4) is 0 Å². The van der Waals surface area contributed by atoms with Crippen molar-refractivity contribution in [3.05, 3.63) is 70.8 Å². The van der Waals surface area contributed by atoms with E-state index in [0.717, 1.165) is 18.6 Å². The number of fused-ring (bicyclic) bond motifs is 1.